The molecule has 1 aliphatic carbocycles. The summed E-state index contributed by atoms with van der Waals surface area (Å²) in [7, 11) is -1.65. The smallest absolute Gasteiger partial charge is 0.192 e. The van der Waals surface area contributed by atoms with Gasteiger partial charge in [-0.1, -0.05) is 40.3 Å². The molecule has 2 atom stereocenters. The highest BCUT2D eigenvalue weighted by Gasteiger charge is 2.38. The Bertz CT molecular complexity index is 419. The van der Waals surface area contributed by atoms with E-state index in [-0.39, 0.29) is 5.04 Å². The van der Waals surface area contributed by atoms with Crippen LogP contribution in [-0.2, 0) is 4.43 Å². The van der Waals surface area contributed by atoms with E-state index >= 15 is 0 Å². The fraction of sp³-hybridized carbons (Fsp3) is 0.722. The quantitative estimate of drug-likeness (QED) is 0.476. The van der Waals surface area contributed by atoms with Crippen molar-refractivity contribution < 1.29 is 4.43 Å². The molecule has 114 valence electrons. The normalized spacial score (nSPS) is 24.1. The van der Waals surface area contributed by atoms with Crippen molar-refractivity contribution in [3.63, 3.8) is 0 Å². The molecule has 0 saturated carbocycles. The molecular formula is C18H32OSi. The molecule has 0 spiro atoms. The molecule has 0 aromatic heterocycles. The van der Waals surface area contributed by atoms with E-state index in [0.29, 0.717) is 11.8 Å². The first-order valence-corrected chi connectivity index (χ1v) is 10.7. The third kappa shape index (κ3) is 4.21. The molecule has 0 bridgehead atoms. The second-order valence-electron chi connectivity index (χ2n) is 7.75. The Balaban J connectivity index is 2.81. The highest BCUT2D eigenvalue weighted by atomic mass is 28.4. The molecule has 1 nitrogen and oxygen atoms in total. The third-order valence-corrected chi connectivity index (χ3v) is 9.52. The molecule has 0 aliphatic heterocycles. The molecular weight excluding hydrogens is 260 g/mol. The Morgan fingerprint density at radius 3 is 2.50 bits per heavy atom. The van der Waals surface area contributed by atoms with E-state index in [4.69, 9.17) is 4.43 Å². The van der Waals surface area contributed by atoms with Gasteiger partial charge >= 0.3 is 0 Å². The molecule has 0 saturated heterocycles. The lowest BCUT2D eigenvalue weighted by molar-refractivity contribution is 0.230. The Hall–Kier alpha value is -0.563. The van der Waals surface area contributed by atoms with Gasteiger partial charge in [-0.2, -0.15) is 0 Å². The van der Waals surface area contributed by atoms with Crippen molar-refractivity contribution >= 4 is 8.32 Å². The van der Waals surface area contributed by atoms with E-state index < -0.39 is 8.32 Å². The molecule has 1 rings (SSSR count). The molecule has 0 heterocycles. The van der Waals surface area contributed by atoms with Gasteiger partial charge in [0.2, 0.25) is 0 Å². The number of allylic oxidation sites excluding steroid dienone is 2. The van der Waals surface area contributed by atoms with Gasteiger partial charge in [-0.3, -0.25) is 0 Å². The standard InChI is InChI=1S/C18H32OSi/c1-9-15(3)17-12-14(2)10-11-16(17)13-19-20(7,8)18(4,5)6/h12,14,16H,1,10-11,13H2,2-8H3/t14-,16+/m1/s1. The summed E-state index contributed by atoms with van der Waals surface area (Å²) in [6, 6.07) is 0. The zero-order valence-corrected chi connectivity index (χ0v) is 15.5. The highest BCUT2D eigenvalue weighted by Crippen LogP contribution is 2.39. The van der Waals surface area contributed by atoms with Gasteiger partial charge in [0.15, 0.2) is 8.32 Å². The minimum absolute atomic E-state index is 0.280. The lowest BCUT2D eigenvalue weighted by Crippen LogP contribution is -2.42. The van der Waals surface area contributed by atoms with Gasteiger partial charge in [-0.25, -0.2) is 0 Å². The van der Waals surface area contributed by atoms with Crippen LogP contribution in [0.15, 0.2) is 29.5 Å². The van der Waals surface area contributed by atoms with Crippen LogP contribution in [-0.4, -0.2) is 14.9 Å². The van der Waals surface area contributed by atoms with Crippen LogP contribution in [0.3, 0.4) is 0 Å². The van der Waals surface area contributed by atoms with Gasteiger partial charge in [0.25, 0.3) is 0 Å². The summed E-state index contributed by atoms with van der Waals surface area (Å²) in [5, 5.41) is 0.280. The lowest BCUT2D eigenvalue weighted by Gasteiger charge is -2.38. The Kier molecular flexibility index (Phi) is 5.66. The predicted octanol–water partition coefficient (Wildman–Crippen LogP) is 5.71. The Labute approximate surface area is 126 Å². The van der Waals surface area contributed by atoms with Crippen LogP contribution >= 0.6 is 0 Å². The average Bonchev–Trinajstić information content (AvgIpc) is 2.35. The van der Waals surface area contributed by atoms with Gasteiger partial charge in [-0.05, 0) is 55.0 Å². The lowest BCUT2D eigenvalue weighted by atomic mass is 9.81. The summed E-state index contributed by atoms with van der Waals surface area (Å²) in [4.78, 5) is 0. The molecule has 0 aromatic rings. The predicted molar refractivity (Wildman–Crippen MR) is 91.4 cm³/mol. The van der Waals surface area contributed by atoms with Crippen LogP contribution in [0.25, 0.3) is 0 Å². The van der Waals surface area contributed by atoms with E-state index in [0.717, 1.165) is 6.61 Å². The van der Waals surface area contributed by atoms with E-state index in [2.05, 4.69) is 66.1 Å². The monoisotopic (exact) mass is 292 g/mol. The van der Waals surface area contributed by atoms with Gasteiger partial charge in [0, 0.05) is 12.5 Å². The third-order valence-electron chi connectivity index (χ3n) is 5.02. The van der Waals surface area contributed by atoms with E-state index in [9.17, 15) is 0 Å². The van der Waals surface area contributed by atoms with Crippen LogP contribution < -0.4 is 0 Å². The van der Waals surface area contributed by atoms with Gasteiger partial charge in [0.05, 0.1) is 0 Å². The maximum absolute atomic E-state index is 6.43. The Morgan fingerprint density at radius 1 is 1.40 bits per heavy atom. The summed E-state index contributed by atoms with van der Waals surface area (Å²) >= 11 is 0. The van der Waals surface area contributed by atoms with Crippen molar-refractivity contribution in [1.29, 1.82) is 0 Å². The molecule has 0 unspecified atom stereocenters. The van der Waals surface area contributed by atoms with Crippen LogP contribution in [0.4, 0.5) is 0 Å². The summed E-state index contributed by atoms with van der Waals surface area (Å²) in [5.74, 6) is 1.19. The van der Waals surface area contributed by atoms with Crippen molar-refractivity contribution in [2.45, 2.75) is 65.6 Å². The van der Waals surface area contributed by atoms with Crippen molar-refractivity contribution in [1.82, 2.24) is 0 Å². The topological polar surface area (TPSA) is 9.23 Å². The summed E-state index contributed by atoms with van der Waals surface area (Å²) in [6.45, 7) is 20.6. The average molecular weight is 293 g/mol. The molecule has 0 fully saturated rings. The second-order valence-corrected chi connectivity index (χ2v) is 12.6. The second kappa shape index (κ2) is 6.47. The number of hydrogen-bond acceptors (Lipinski definition) is 1. The van der Waals surface area contributed by atoms with Crippen LogP contribution in [0.5, 0.6) is 0 Å². The zero-order chi connectivity index (χ0) is 15.6. The summed E-state index contributed by atoms with van der Waals surface area (Å²) < 4.78 is 6.43. The molecule has 0 radical (unpaired) electrons. The van der Waals surface area contributed by atoms with Crippen molar-refractivity contribution in [2.75, 3.05) is 6.61 Å². The van der Waals surface area contributed by atoms with Gasteiger partial charge < -0.3 is 4.43 Å². The van der Waals surface area contributed by atoms with Gasteiger partial charge in [-0.15, -0.1) is 5.73 Å². The molecule has 2 heteroatoms. The molecule has 0 N–H and O–H groups in total. The first kappa shape index (κ1) is 17.5. The van der Waals surface area contributed by atoms with Crippen molar-refractivity contribution in [3.05, 3.63) is 29.5 Å². The minimum atomic E-state index is -1.65. The van der Waals surface area contributed by atoms with Crippen LogP contribution in [0.2, 0.25) is 18.1 Å². The highest BCUT2D eigenvalue weighted by molar-refractivity contribution is 6.74. The largest absolute Gasteiger partial charge is 0.416 e. The van der Waals surface area contributed by atoms with E-state index in [1.54, 1.807) is 0 Å². The van der Waals surface area contributed by atoms with Crippen molar-refractivity contribution in [3.8, 4) is 0 Å². The maximum atomic E-state index is 6.43. The molecule has 1 aliphatic rings. The molecule has 20 heavy (non-hydrogen) atoms. The summed E-state index contributed by atoms with van der Waals surface area (Å²) in [6.07, 6.45) is 4.89. The molecule has 0 amide bonds. The summed E-state index contributed by atoms with van der Waals surface area (Å²) in [5.41, 5.74) is 5.68. The number of rotatable bonds is 4. The first-order valence-electron chi connectivity index (χ1n) is 7.81. The number of hydrogen-bond donors (Lipinski definition) is 0. The fourth-order valence-electron chi connectivity index (χ4n) is 2.38. The fourth-order valence-corrected chi connectivity index (χ4v) is 3.43. The SMILES string of the molecule is C=C=C(C)C1=C[C@H](C)CC[C@H]1CO[Si](C)(C)C(C)(C)C. The molecule has 0 aromatic carbocycles. The van der Waals surface area contributed by atoms with Gasteiger partial charge in [0.1, 0.15) is 0 Å². The van der Waals surface area contributed by atoms with Crippen molar-refractivity contribution in [2.24, 2.45) is 11.8 Å². The van der Waals surface area contributed by atoms with E-state index in [1.165, 1.54) is 24.0 Å². The Morgan fingerprint density at radius 2 is 2.00 bits per heavy atom. The van der Waals surface area contributed by atoms with E-state index in [1.807, 2.05) is 0 Å². The maximum Gasteiger partial charge on any atom is 0.192 e. The first-order chi connectivity index (χ1) is 9.08. The van der Waals surface area contributed by atoms with Crippen LogP contribution in [0.1, 0.15) is 47.5 Å². The van der Waals surface area contributed by atoms with Crippen LogP contribution in [0, 0.1) is 11.8 Å². The zero-order valence-electron chi connectivity index (χ0n) is 14.5. The minimum Gasteiger partial charge on any atom is -0.416 e.